The highest BCUT2D eigenvalue weighted by atomic mass is 79.9. The quantitative estimate of drug-likeness (QED) is 0.904. The lowest BCUT2D eigenvalue weighted by atomic mass is 9.91. The van der Waals surface area contributed by atoms with Crippen LogP contribution in [0.3, 0.4) is 0 Å². The maximum absolute atomic E-state index is 13.7. The second kappa shape index (κ2) is 4.25. The standard InChI is InChI=1S/C12H13BrFNO3S/c13-9-3-4-11(10(14)5-9)19(17,18)15-6-12(16,7-15)8-1-2-8/h3-5,8,16H,1-2,6-7H2. The van der Waals surface area contributed by atoms with Crippen molar-refractivity contribution in [2.24, 2.45) is 5.92 Å². The summed E-state index contributed by atoms with van der Waals surface area (Å²) in [5.74, 6) is -0.579. The van der Waals surface area contributed by atoms with Crippen molar-refractivity contribution in [3.63, 3.8) is 0 Å². The van der Waals surface area contributed by atoms with Gasteiger partial charge in [0.1, 0.15) is 10.7 Å². The van der Waals surface area contributed by atoms with Crippen molar-refractivity contribution in [2.45, 2.75) is 23.3 Å². The Labute approximate surface area is 119 Å². The van der Waals surface area contributed by atoms with Crippen molar-refractivity contribution in [3.8, 4) is 0 Å². The maximum Gasteiger partial charge on any atom is 0.246 e. The van der Waals surface area contributed by atoms with Crippen molar-refractivity contribution in [2.75, 3.05) is 13.1 Å². The van der Waals surface area contributed by atoms with Gasteiger partial charge in [0.05, 0.1) is 5.60 Å². The van der Waals surface area contributed by atoms with Crippen molar-refractivity contribution in [1.29, 1.82) is 0 Å². The van der Waals surface area contributed by atoms with Gasteiger partial charge in [-0.1, -0.05) is 15.9 Å². The van der Waals surface area contributed by atoms with Crippen LogP contribution in [-0.2, 0) is 10.0 Å². The number of sulfonamides is 1. The molecule has 1 heterocycles. The van der Waals surface area contributed by atoms with Gasteiger partial charge in [0, 0.05) is 17.6 Å². The molecule has 1 saturated carbocycles. The minimum atomic E-state index is -3.85. The first-order valence-corrected chi connectivity index (χ1v) is 8.24. The average Bonchev–Trinajstić information content (AvgIpc) is 3.07. The van der Waals surface area contributed by atoms with E-state index in [9.17, 15) is 17.9 Å². The molecular formula is C12H13BrFNO3S. The lowest BCUT2D eigenvalue weighted by Gasteiger charge is -2.45. The van der Waals surface area contributed by atoms with Gasteiger partial charge in [-0.25, -0.2) is 12.8 Å². The van der Waals surface area contributed by atoms with Gasteiger partial charge in [-0.15, -0.1) is 0 Å². The Morgan fingerprint density at radius 1 is 1.37 bits per heavy atom. The van der Waals surface area contributed by atoms with Crippen molar-refractivity contribution in [1.82, 2.24) is 4.31 Å². The molecule has 1 aliphatic carbocycles. The summed E-state index contributed by atoms with van der Waals surface area (Å²) < 4.78 is 39.8. The molecule has 4 nitrogen and oxygen atoms in total. The zero-order chi connectivity index (χ0) is 13.8. The minimum Gasteiger partial charge on any atom is -0.387 e. The van der Waals surface area contributed by atoms with E-state index in [0.29, 0.717) is 4.47 Å². The smallest absolute Gasteiger partial charge is 0.246 e. The van der Waals surface area contributed by atoms with Crippen LogP contribution in [0, 0.1) is 11.7 Å². The van der Waals surface area contributed by atoms with E-state index in [1.807, 2.05) is 0 Å². The first-order chi connectivity index (χ1) is 8.83. The number of aliphatic hydroxyl groups is 1. The number of benzene rings is 1. The summed E-state index contributed by atoms with van der Waals surface area (Å²) in [6.07, 6.45) is 1.88. The summed E-state index contributed by atoms with van der Waals surface area (Å²) in [7, 11) is -3.85. The van der Waals surface area contributed by atoms with E-state index in [2.05, 4.69) is 15.9 Å². The van der Waals surface area contributed by atoms with Crippen LogP contribution in [0.5, 0.6) is 0 Å². The zero-order valence-electron chi connectivity index (χ0n) is 10.0. The van der Waals surface area contributed by atoms with Crippen LogP contribution < -0.4 is 0 Å². The molecule has 1 saturated heterocycles. The summed E-state index contributed by atoms with van der Waals surface area (Å²) in [6.45, 7) is 0.130. The van der Waals surface area contributed by atoms with Gasteiger partial charge >= 0.3 is 0 Å². The van der Waals surface area contributed by atoms with Crippen LogP contribution in [0.25, 0.3) is 0 Å². The molecule has 19 heavy (non-hydrogen) atoms. The third kappa shape index (κ3) is 2.22. The molecule has 2 fully saturated rings. The summed E-state index contributed by atoms with van der Waals surface area (Å²) in [5.41, 5.74) is -0.904. The van der Waals surface area contributed by atoms with Crippen LogP contribution in [0.1, 0.15) is 12.8 Å². The molecule has 0 atom stereocenters. The van der Waals surface area contributed by atoms with E-state index < -0.39 is 21.4 Å². The highest BCUT2D eigenvalue weighted by Crippen LogP contribution is 2.46. The number of rotatable bonds is 3. The lowest BCUT2D eigenvalue weighted by Crippen LogP contribution is -2.64. The molecule has 0 bridgehead atoms. The van der Waals surface area contributed by atoms with Gasteiger partial charge in [-0.2, -0.15) is 4.31 Å². The van der Waals surface area contributed by atoms with Crippen LogP contribution in [0.15, 0.2) is 27.6 Å². The lowest BCUT2D eigenvalue weighted by molar-refractivity contribution is -0.0765. The SMILES string of the molecule is O=S(=O)(c1ccc(Br)cc1F)N1CC(O)(C2CC2)C1. The molecule has 104 valence electrons. The average molecular weight is 350 g/mol. The van der Waals surface area contributed by atoms with Crippen LogP contribution in [0.4, 0.5) is 4.39 Å². The first kappa shape index (κ1) is 13.5. The summed E-state index contributed by atoms with van der Waals surface area (Å²) in [6, 6.07) is 3.85. The Morgan fingerprint density at radius 3 is 2.53 bits per heavy atom. The highest BCUT2D eigenvalue weighted by Gasteiger charge is 2.55. The molecule has 1 N–H and O–H groups in total. The number of halogens is 2. The molecule has 7 heteroatoms. The highest BCUT2D eigenvalue weighted by molar-refractivity contribution is 9.10. The third-order valence-corrected chi connectivity index (χ3v) is 6.07. The molecular weight excluding hydrogens is 337 g/mol. The second-order valence-electron chi connectivity index (χ2n) is 5.23. The third-order valence-electron chi connectivity index (χ3n) is 3.75. The predicted octanol–water partition coefficient (Wildman–Crippen LogP) is 1.73. The Bertz CT molecular complexity index is 624. The Balaban J connectivity index is 1.84. The Hall–Kier alpha value is -0.500. The van der Waals surface area contributed by atoms with E-state index >= 15 is 0 Å². The normalized spacial score (nSPS) is 23.1. The molecule has 0 radical (unpaired) electrons. The molecule has 0 unspecified atom stereocenters. The molecule has 0 spiro atoms. The largest absolute Gasteiger partial charge is 0.387 e. The zero-order valence-corrected chi connectivity index (χ0v) is 12.4. The molecule has 1 aromatic carbocycles. The van der Waals surface area contributed by atoms with Gasteiger partial charge in [0.15, 0.2) is 0 Å². The number of nitrogens with zero attached hydrogens (tertiary/aromatic N) is 1. The van der Waals surface area contributed by atoms with Gasteiger partial charge in [-0.05, 0) is 37.0 Å². The number of hydrogen-bond donors (Lipinski definition) is 1. The summed E-state index contributed by atoms with van der Waals surface area (Å²) >= 11 is 3.09. The van der Waals surface area contributed by atoms with E-state index in [-0.39, 0.29) is 23.9 Å². The van der Waals surface area contributed by atoms with Gasteiger partial charge < -0.3 is 5.11 Å². The van der Waals surface area contributed by atoms with Crippen LogP contribution in [0.2, 0.25) is 0 Å². The number of hydrogen-bond acceptors (Lipinski definition) is 3. The monoisotopic (exact) mass is 349 g/mol. The van der Waals surface area contributed by atoms with Gasteiger partial charge in [0.2, 0.25) is 10.0 Å². The van der Waals surface area contributed by atoms with Crippen molar-refractivity contribution < 1.29 is 17.9 Å². The van der Waals surface area contributed by atoms with E-state index in [1.54, 1.807) is 0 Å². The summed E-state index contributed by atoms with van der Waals surface area (Å²) in [4.78, 5) is -0.339. The molecule has 2 aliphatic rings. The van der Waals surface area contributed by atoms with Crippen molar-refractivity contribution >= 4 is 26.0 Å². The van der Waals surface area contributed by atoms with Crippen molar-refractivity contribution in [3.05, 3.63) is 28.5 Å². The minimum absolute atomic E-state index is 0.0650. The fraction of sp³-hybridized carbons (Fsp3) is 0.500. The molecule has 1 aromatic rings. The Kier molecular flexibility index (Phi) is 3.01. The number of β-amino-alcohol motifs (C(OH)–C–C–N with tert-alkyl or cyclic N) is 1. The molecule has 1 aliphatic heterocycles. The van der Waals surface area contributed by atoms with Crippen LogP contribution in [-0.4, -0.2) is 36.5 Å². The molecule has 3 rings (SSSR count). The van der Waals surface area contributed by atoms with E-state index in [4.69, 9.17) is 0 Å². The van der Waals surface area contributed by atoms with Gasteiger partial charge in [-0.3, -0.25) is 0 Å². The fourth-order valence-electron chi connectivity index (χ4n) is 2.44. The molecule has 0 amide bonds. The summed E-state index contributed by atoms with van der Waals surface area (Å²) in [5, 5.41) is 10.1. The topological polar surface area (TPSA) is 57.6 Å². The fourth-order valence-corrected chi connectivity index (χ4v) is 4.38. The first-order valence-electron chi connectivity index (χ1n) is 6.00. The van der Waals surface area contributed by atoms with Crippen LogP contribution >= 0.6 is 15.9 Å². The Morgan fingerprint density at radius 2 is 2.00 bits per heavy atom. The van der Waals surface area contributed by atoms with E-state index in [1.165, 1.54) is 12.1 Å². The predicted molar refractivity (Wildman–Crippen MR) is 70.5 cm³/mol. The second-order valence-corrected chi connectivity index (χ2v) is 8.05. The maximum atomic E-state index is 13.7. The molecule has 0 aromatic heterocycles. The van der Waals surface area contributed by atoms with Gasteiger partial charge in [0.25, 0.3) is 0 Å². The van der Waals surface area contributed by atoms with E-state index in [0.717, 1.165) is 23.2 Å².